The molecule has 0 saturated heterocycles. The second-order valence-corrected chi connectivity index (χ2v) is 8.88. The summed E-state index contributed by atoms with van der Waals surface area (Å²) in [5.41, 5.74) is -2.69. The molecule has 0 bridgehead atoms. The number of aliphatic carboxylic acids is 1. The summed E-state index contributed by atoms with van der Waals surface area (Å²) in [6, 6.07) is -0.144. The van der Waals surface area contributed by atoms with E-state index in [1.165, 1.54) is 13.1 Å². The number of aryl methyl sites for hydroxylation is 1. The van der Waals surface area contributed by atoms with Crippen molar-refractivity contribution in [2.45, 2.75) is 51.1 Å². The maximum atomic E-state index is 12.5. The van der Waals surface area contributed by atoms with Gasteiger partial charge in [0.25, 0.3) is 11.1 Å². The molecule has 0 aliphatic heterocycles. The van der Waals surface area contributed by atoms with Crippen LogP contribution in [0, 0.1) is 6.92 Å². The number of carbonyl (C=O) groups excluding carboxylic acids is 3. The quantitative estimate of drug-likeness (QED) is 0.0833. The average Bonchev–Trinajstić information content (AvgIpc) is 2.88. The highest BCUT2D eigenvalue weighted by Gasteiger charge is 2.23. The third-order valence-corrected chi connectivity index (χ3v) is 5.72. The molecule has 0 aliphatic carbocycles. The summed E-state index contributed by atoms with van der Waals surface area (Å²) in [6.45, 7) is 0.145. The fourth-order valence-electron chi connectivity index (χ4n) is 3.28. The van der Waals surface area contributed by atoms with E-state index in [0.29, 0.717) is 0 Å². The number of thiol groups is 1. The topological polar surface area (TPSA) is 252 Å². The van der Waals surface area contributed by atoms with Crippen LogP contribution in [0.25, 0.3) is 0 Å². The molecule has 2 amide bonds. The Hall–Kier alpha value is -4.45. The van der Waals surface area contributed by atoms with Crippen molar-refractivity contribution >= 4 is 36.4 Å². The van der Waals surface area contributed by atoms with E-state index in [1.807, 2.05) is 4.98 Å². The number of rotatable bonds is 14. The van der Waals surface area contributed by atoms with Gasteiger partial charge >= 0.3 is 23.3 Å². The van der Waals surface area contributed by atoms with Crippen molar-refractivity contribution in [3.05, 3.63) is 65.7 Å². The summed E-state index contributed by atoms with van der Waals surface area (Å²) in [5, 5.41) is 22.5. The smallest absolute Gasteiger partial charge is 0.332 e. The van der Waals surface area contributed by atoms with E-state index >= 15 is 0 Å². The number of esters is 1. The first kappa shape index (κ1) is 31.8. The summed E-state index contributed by atoms with van der Waals surface area (Å²) in [4.78, 5) is 99.1. The number of H-pyrrole nitrogens is 2. The van der Waals surface area contributed by atoms with Gasteiger partial charge in [0.15, 0.2) is 6.10 Å². The highest BCUT2D eigenvalue weighted by atomic mass is 32.1. The number of nitrogens with zero attached hydrogens (tertiary/aromatic N) is 2. The Labute approximate surface area is 229 Å². The number of carboxylic acids is 1. The molecular formula is C22H28N6O11S. The fourth-order valence-corrected chi connectivity index (χ4v) is 3.53. The molecule has 2 heterocycles. The number of carboxylic acid groups (broad SMARTS) is 1. The van der Waals surface area contributed by atoms with Crippen LogP contribution in [0.1, 0.15) is 18.4 Å². The van der Waals surface area contributed by atoms with Gasteiger partial charge in [-0.25, -0.2) is 14.4 Å². The summed E-state index contributed by atoms with van der Waals surface area (Å²) in [5.74, 6) is -4.22. The second-order valence-electron chi connectivity index (χ2n) is 8.51. The predicted octanol–water partition coefficient (Wildman–Crippen LogP) is -3.94. The normalized spacial score (nSPS) is 13.1. The first-order chi connectivity index (χ1) is 18.8. The van der Waals surface area contributed by atoms with Crippen LogP contribution in [0.5, 0.6) is 0 Å². The van der Waals surface area contributed by atoms with Gasteiger partial charge in [0.1, 0.15) is 18.7 Å². The Morgan fingerprint density at radius 2 is 1.73 bits per heavy atom. The molecule has 0 radical (unpaired) electrons. The van der Waals surface area contributed by atoms with Crippen molar-refractivity contribution in [2.24, 2.45) is 0 Å². The van der Waals surface area contributed by atoms with E-state index in [1.54, 1.807) is 0 Å². The molecule has 40 heavy (non-hydrogen) atoms. The molecule has 2 aromatic heterocycles. The molecule has 3 unspecified atom stereocenters. The Bertz CT molecular complexity index is 1480. The van der Waals surface area contributed by atoms with Gasteiger partial charge in [0.05, 0.1) is 13.1 Å². The van der Waals surface area contributed by atoms with Crippen LogP contribution in [0.4, 0.5) is 0 Å². The Morgan fingerprint density at radius 3 is 2.35 bits per heavy atom. The third kappa shape index (κ3) is 9.70. The van der Waals surface area contributed by atoms with Gasteiger partial charge < -0.3 is 25.6 Å². The van der Waals surface area contributed by atoms with Gasteiger partial charge in [-0.3, -0.25) is 43.1 Å². The molecule has 0 saturated carbocycles. The van der Waals surface area contributed by atoms with Gasteiger partial charge in [0, 0.05) is 36.2 Å². The molecule has 0 fully saturated rings. The Morgan fingerprint density at radius 1 is 1.07 bits per heavy atom. The minimum absolute atomic E-state index is 0.180. The third-order valence-electron chi connectivity index (χ3n) is 5.36. The Kier molecular flexibility index (Phi) is 11.6. The predicted molar refractivity (Wildman–Crippen MR) is 139 cm³/mol. The lowest BCUT2D eigenvalue weighted by Gasteiger charge is -2.21. The van der Waals surface area contributed by atoms with Crippen molar-refractivity contribution in [1.82, 2.24) is 29.7 Å². The van der Waals surface area contributed by atoms with Gasteiger partial charge in [-0.15, -0.1) is 0 Å². The summed E-state index contributed by atoms with van der Waals surface area (Å²) in [6.07, 6.45) is -1.32. The van der Waals surface area contributed by atoms with E-state index in [4.69, 9.17) is 9.84 Å². The largest absolute Gasteiger partial charge is 0.479 e. The van der Waals surface area contributed by atoms with E-state index in [0.717, 1.165) is 21.4 Å². The van der Waals surface area contributed by atoms with Crippen LogP contribution in [-0.2, 0) is 37.0 Å². The van der Waals surface area contributed by atoms with Crippen molar-refractivity contribution in [3.63, 3.8) is 0 Å². The fraction of sp³-hybridized carbons (Fsp3) is 0.455. The molecule has 0 aliphatic rings. The van der Waals surface area contributed by atoms with Crippen LogP contribution in [0.15, 0.2) is 37.6 Å². The number of nitrogens with one attached hydrogen (secondary N) is 4. The zero-order chi connectivity index (χ0) is 30.0. The molecule has 218 valence electrons. The minimum Gasteiger partial charge on any atom is -0.479 e. The lowest BCUT2D eigenvalue weighted by molar-refractivity contribution is -0.150. The molecule has 2 rings (SSSR count). The van der Waals surface area contributed by atoms with E-state index < -0.39 is 71.0 Å². The SMILES string of the molecule is Cc1cn(CC(Cn2ccc(=O)[nH]c2=O)OC(=O)CNC(=O)C(CS)NC(=O)CCC(O)C(=O)O)c(=O)[nH]c1=O. The number of aliphatic hydroxyl groups is 1. The first-order valence-electron chi connectivity index (χ1n) is 11.7. The molecular weight excluding hydrogens is 556 g/mol. The first-order valence-corrected chi connectivity index (χ1v) is 12.3. The number of hydrogen-bond acceptors (Lipinski definition) is 11. The maximum absolute atomic E-state index is 12.5. The number of amides is 2. The van der Waals surface area contributed by atoms with Gasteiger partial charge in [-0.05, 0) is 13.3 Å². The van der Waals surface area contributed by atoms with E-state index in [-0.39, 0.29) is 37.2 Å². The highest BCUT2D eigenvalue weighted by molar-refractivity contribution is 7.80. The molecule has 6 N–H and O–H groups in total. The summed E-state index contributed by atoms with van der Waals surface area (Å²) < 4.78 is 7.43. The lowest BCUT2D eigenvalue weighted by atomic mass is 10.2. The summed E-state index contributed by atoms with van der Waals surface area (Å²) in [7, 11) is 0. The van der Waals surface area contributed by atoms with Crippen molar-refractivity contribution < 1.29 is 34.1 Å². The van der Waals surface area contributed by atoms with Gasteiger partial charge in [0.2, 0.25) is 11.8 Å². The second kappa shape index (κ2) is 14.6. The molecule has 3 atom stereocenters. The van der Waals surface area contributed by atoms with Crippen LogP contribution in [-0.4, -0.2) is 83.6 Å². The van der Waals surface area contributed by atoms with Crippen LogP contribution in [0.3, 0.4) is 0 Å². The lowest BCUT2D eigenvalue weighted by Crippen LogP contribution is -2.49. The van der Waals surface area contributed by atoms with Crippen molar-refractivity contribution in [3.8, 4) is 0 Å². The number of carbonyl (C=O) groups is 4. The van der Waals surface area contributed by atoms with Crippen molar-refractivity contribution in [1.29, 1.82) is 0 Å². The van der Waals surface area contributed by atoms with Crippen LogP contribution < -0.4 is 33.1 Å². The minimum atomic E-state index is -1.75. The zero-order valence-corrected chi connectivity index (χ0v) is 22.0. The molecule has 17 nitrogen and oxygen atoms in total. The number of hydrogen-bond donors (Lipinski definition) is 7. The number of aromatic amines is 2. The average molecular weight is 585 g/mol. The van der Waals surface area contributed by atoms with Crippen LogP contribution >= 0.6 is 12.6 Å². The van der Waals surface area contributed by atoms with Crippen LogP contribution in [0.2, 0.25) is 0 Å². The standard InChI is InChI=1S/C22H28N6O11S/c1-11-7-28(22(38)26-18(11)33)9-12(8-27-5-4-16(31)25-21(27)37)39-17(32)6-23-19(34)13(10-40)24-15(30)3-2-14(29)20(35)36/h4-5,7,12-14,29,40H,2-3,6,8-10H2,1H3,(H,23,34)(H,24,30)(H,35,36)(H,25,31,37)(H,26,33,38). The molecule has 18 heteroatoms. The van der Waals surface area contributed by atoms with Gasteiger partial charge in [-0.2, -0.15) is 12.6 Å². The molecule has 2 aromatic rings. The Balaban J connectivity index is 2.07. The molecule has 0 aromatic carbocycles. The monoisotopic (exact) mass is 584 g/mol. The number of ether oxygens (including phenoxy) is 1. The summed E-state index contributed by atoms with van der Waals surface area (Å²) >= 11 is 3.97. The maximum Gasteiger partial charge on any atom is 0.332 e. The number of aliphatic hydroxyl groups excluding tert-OH is 1. The number of aromatic nitrogens is 4. The van der Waals surface area contributed by atoms with Crippen molar-refractivity contribution in [2.75, 3.05) is 12.3 Å². The zero-order valence-electron chi connectivity index (χ0n) is 21.1. The van der Waals surface area contributed by atoms with E-state index in [9.17, 15) is 43.5 Å². The highest BCUT2D eigenvalue weighted by Crippen LogP contribution is 2.02. The molecule has 0 spiro atoms. The van der Waals surface area contributed by atoms with E-state index in [2.05, 4.69) is 28.2 Å². The van der Waals surface area contributed by atoms with Gasteiger partial charge in [-0.1, -0.05) is 0 Å².